The van der Waals surface area contributed by atoms with Gasteiger partial charge in [0.25, 0.3) is 0 Å². The molecule has 0 aliphatic heterocycles. The maximum absolute atomic E-state index is 11.3. The largest absolute Gasteiger partial charge is 0.493 e. The standard InChI is InChI=1S/C12H12N2O2/c1-8-11(9(2)15)12(16)14(13-8)10-6-4-3-5-7-10/h3-7,16H,1-2H3. The van der Waals surface area contributed by atoms with Crippen LogP contribution in [-0.4, -0.2) is 20.7 Å². The maximum Gasteiger partial charge on any atom is 0.225 e. The highest BCUT2D eigenvalue weighted by Crippen LogP contribution is 2.24. The minimum absolute atomic E-state index is 0.101. The lowest BCUT2D eigenvalue weighted by Gasteiger charge is -2.02. The Hall–Kier alpha value is -2.10. The Kier molecular flexibility index (Phi) is 2.48. The van der Waals surface area contributed by atoms with E-state index >= 15 is 0 Å². The van der Waals surface area contributed by atoms with E-state index in [4.69, 9.17) is 0 Å². The van der Waals surface area contributed by atoms with Gasteiger partial charge in [-0.1, -0.05) is 18.2 Å². The Morgan fingerprint density at radius 1 is 1.31 bits per heavy atom. The van der Waals surface area contributed by atoms with E-state index in [1.165, 1.54) is 11.6 Å². The average Bonchev–Trinajstić information content (AvgIpc) is 2.55. The van der Waals surface area contributed by atoms with Gasteiger partial charge in [-0.3, -0.25) is 4.79 Å². The average molecular weight is 216 g/mol. The molecule has 1 heterocycles. The molecule has 1 N–H and O–H groups in total. The molecule has 4 heteroatoms. The Morgan fingerprint density at radius 2 is 1.94 bits per heavy atom. The number of rotatable bonds is 2. The van der Waals surface area contributed by atoms with Crippen molar-refractivity contribution in [1.29, 1.82) is 0 Å². The molecule has 0 spiro atoms. The number of carbonyl (C=O) groups excluding carboxylic acids is 1. The van der Waals surface area contributed by atoms with Gasteiger partial charge in [0.15, 0.2) is 5.78 Å². The molecule has 0 aliphatic rings. The quantitative estimate of drug-likeness (QED) is 0.782. The third-order valence-corrected chi connectivity index (χ3v) is 2.39. The molecule has 0 unspecified atom stereocenters. The highest BCUT2D eigenvalue weighted by Gasteiger charge is 2.18. The molecule has 0 aliphatic carbocycles. The predicted molar refractivity (Wildman–Crippen MR) is 60.0 cm³/mol. The number of aromatic hydroxyl groups is 1. The molecule has 0 bridgehead atoms. The Balaban J connectivity index is 2.61. The number of aryl methyl sites for hydroxylation is 1. The van der Waals surface area contributed by atoms with E-state index in [2.05, 4.69) is 5.10 Å². The minimum atomic E-state index is -0.183. The third-order valence-electron chi connectivity index (χ3n) is 2.39. The van der Waals surface area contributed by atoms with Crippen molar-refractivity contribution in [3.63, 3.8) is 0 Å². The first-order chi connectivity index (χ1) is 7.61. The zero-order valence-electron chi connectivity index (χ0n) is 9.14. The zero-order chi connectivity index (χ0) is 11.7. The first-order valence-electron chi connectivity index (χ1n) is 4.96. The van der Waals surface area contributed by atoms with Crippen LogP contribution in [0.1, 0.15) is 23.0 Å². The van der Waals surface area contributed by atoms with Crippen molar-refractivity contribution in [2.75, 3.05) is 0 Å². The first-order valence-corrected chi connectivity index (χ1v) is 4.96. The summed E-state index contributed by atoms with van der Waals surface area (Å²) in [5.74, 6) is -0.284. The van der Waals surface area contributed by atoms with Crippen LogP contribution in [-0.2, 0) is 0 Å². The van der Waals surface area contributed by atoms with Crippen molar-refractivity contribution < 1.29 is 9.90 Å². The monoisotopic (exact) mass is 216 g/mol. The lowest BCUT2D eigenvalue weighted by atomic mass is 10.2. The molecule has 16 heavy (non-hydrogen) atoms. The second-order valence-electron chi connectivity index (χ2n) is 3.59. The van der Waals surface area contributed by atoms with Gasteiger partial charge in [0, 0.05) is 0 Å². The van der Waals surface area contributed by atoms with Gasteiger partial charge in [0.2, 0.25) is 5.88 Å². The van der Waals surface area contributed by atoms with Crippen molar-refractivity contribution in [3.8, 4) is 11.6 Å². The van der Waals surface area contributed by atoms with Gasteiger partial charge in [-0.2, -0.15) is 5.10 Å². The summed E-state index contributed by atoms with van der Waals surface area (Å²) in [5.41, 5.74) is 1.55. The molecular formula is C12H12N2O2. The number of carbonyl (C=O) groups is 1. The number of ketones is 1. The van der Waals surface area contributed by atoms with Gasteiger partial charge in [-0.05, 0) is 26.0 Å². The second kappa shape index (κ2) is 3.81. The fraction of sp³-hybridized carbons (Fsp3) is 0.167. The van der Waals surface area contributed by atoms with E-state index in [1.54, 1.807) is 6.92 Å². The summed E-state index contributed by atoms with van der Waals surface area (Å²) in [7, 11) is 0. The lowest BCUT2D eigenvalue weighted by Crippen LogP contribution is -1.96. The zero-order valence-corrected chi connectivity index (χ0v) is 9.14. The summed E-state index contributed by atoms with van der Waals surface area (Å²) < 4.78 is 1.37. The summed E-state index contributed by atoms with van der Waals surface area (Å²) in [6.45, 7) is 3.12. The summed E-state index contributed by atoms with van der Waals surface area (Å²) in [6.07, 6.45) is 0. The number of nitrogens with zero attached hydrogens (tertiary/aromatic N) is 2. The van der Waals surface area contributed by atoms with Crippen molar-refractivity contribution in [2.24, 2.45) is 0 Å². The van der Waals surface area contributed by atoms with E-state index in [0.717, 1.165) is 5.69 Å². The number of para-hydroxylation sites is 1. The SMILES string of the molecule is CC(=O)c1c(C)nn(-c2ccccc2)c1O. The topological polar surface area (TPSA) is 55.1 Å². The Bertz CT molecular complexity index is 529. The van der Waals surface area contributed by atoms with Crippen LogP contribution in [0.3, 0.4) is 0 Å². The number of hydrogen-bond donors (Lipinski definition) is 1. The van der Waals surface area contributed by atoms with Gasteiger partial charge in [0.05, 0.1) is 11.4 Å². The van der Waals surface area contributed by atoms with Crippen molar-refractivity contribution in [3.05, 3.63) is 41.6 Å². The number of benzene rings is 1. The van der Waals surface area contributed by atoms with E-state index in [9.17, 15) is 9.90 Å². The van der Waals surface area contributed by atoms with Crippen molar-refractivity contribution in [1.82, 2.24) is 9.78 Å². The number of hydrogen-bond acceptors (Lipinski definition) is 3. The van der Waals surface area contributed by atoms with E-state index < -0.39 is 0 Å². The first kappa shape index (κ1) is 10.4. The van der Waals surface area contributed by atoms with Crippen LogP contribution in [0.15, 0.2) is 30.3 Å². The lowest BCUT2D eigenvalue weighted by molar-refractivity contribution is 0.101. The van der Waals surface area contributed by atoms with Crippen LogP contribution >= 0.6 is 0 Å². The molecule has 1 aromatic carbocycles. The summed E-state index contributed by atoms with van der Waals surface area (Å²) in [4.78, 5) is 11.3. The van der Waals surface area contributed by atoms with Crippen LogP contribution in [0.5, 0.6) is 5.88 Å². The van der Waals surface area contributed by atoms with Gasteiger partial charge in [0.1, 0.15) is 5.56 Å². The molecule has 0 saturated heterocycles. The van der Waals surface area contributed by atoms with Gasteiger partial charge in [-0.25, -0.2) is 4.68 Å². The van der Waals surface area contributed by atoms with Crippen LogP contribution in [0, 0.1) is 6.92 Å². The fourth-order valence-electron chi connectivity index (χ4n) is 1.68. The highest BCUT2D eigenvalue weighted by molar-refractivity contribution is 5.97. The number of Topliss-reactive ketones (excluding diaryl/α,β-unsaturated/α-hetero) is 1. The Morgan fingerprint density at radius 3 is 2.44 bits per heavy atom. The van der Waals surface area contributed by atoms with E-state index in [0.29, 0.717) is 5.69 Å². The minimum Gasteiger partial charge on any atom is -0.493 e. The molecule has 0 saturated carbocycles. The van der Waals surface area contributed by atoms with Crippen molar-refractivity contribution >= 4 is 5.78 Å². The summed E-state index contributed by atoms with van der Waals surface area (Å²) >= 11 is 0. The second-order valence-corrected chi connectivity index (χ2v) is 3.59. The van der Waals surface area contributed by atoms with E-state index in [1.807, 2.05) is 30.3 Å². The number of aromatic nitrogens is 2. The molecule has 0 amide bonds. The molecular weight excluding hydrogens is 204 g/mol. The summed E-state index contributed by atoms with van der Waals surface area (Å²) in [5, 5.41) is 14.1. The van der Waals surface area contributed by atoms with Crippen LogP contribution in [0.4, 0.5) is 0 Å². The highest BCUT2D eigenvalue weighted by atomic mass is 16.3. The van der Waals surface area contributed by atoms with Gasteiger partial charge >= 0.3 is 0 Å². The molecule has 1 aromatic heterocycles. The fourth-order valence-corrected chi connectivity index (χ4v) is 1.68. The molecule has 82 valence electrons. The molecule has 0 radical (unpaired) electrons. The predicted octanol–water partition coefficient (Wildman–Crippen LogP) is 2.09. The smallest absolute Gasteiger partial charge is 0.225 e. The summed E-state index contributed by atoms with van der Waals surface area (Å²) in [6, 6.07) is 9.20. The van der Waals surface area contributed by atoms with Crippen molar-refractivity contribution in [2.45, 2.75) is 13.8 Å². The Labute approximate surface area is 93.1 Å². The van der Waals surface area contributed by atoms with Gasteiger partial charge in [-0.15, -0.1) is 0 Å². The van der Waals surface area contributed by atoms with Crippen LogP contribution in [0.2, 0.25) is 0 Å². The molecule has 0 atom stereocenters. The normalized spacial score (nSPS) is 10.4. The van der Waals surface area contributed by atoms with Crippen LogP contribution in [0.25, 0.3) is 5.69 Å². The third kappa shape index (κ3) is 1.58. The molecule has 0 fully saturated rings. The van der Waals surface area contributed by atoms with E-state index in [-0.39, 0.29) is 17.2 Å². The molecule has 2 rings (SSSR count). The molecule has 2 aromatic rings. The van der Waals surface area contributed by atoms with Gasteiger partial charge < -0.3 is 5.11 Å². The maximum atomic E-state index is 11.3. The molecule has 4 nitrogen and oxygen atoms in total. The van der Waals surface area contributed by atoms with Crippen LogP contribution < -0.4 is 0 Å².